The summed E-state index contributed by atoms with van der Waals surface area (Å²) in [4.78, 5) is 4.69. The average molecular weight is 290 g/mol. The molecule has 0 aliphatic heterocycles. The van der Waals surface area contributed by atoms with Crippen molar-refractivity contribution in [2.45, 2.75) is 78.2 Å². The van der Waals surface area contributed by atoms with Gasteiger partial charge in [0.2, 0.25) is 0 Å². The van der Waals surface area contributed by atoms with Gasteiger partial charge in [-0.25, -0.2) is 0 Å². The van der Waals surface area contributed by atoms with Crippen LogP contribution in [0.1, 0.15) is 64.8 Å². The average Bonchev–Trinajstić information content (AvgIpc) is 2.43. The number of aromatic nitrogens is 1. The quantitative estimate of drug-likeness (QED) is 0.887. The molecule has 2 atom stereocenters. The second kappa shape index (κ2) is 7.37. The zero-order valence-electron chi connectivity index (χ0n) is 14.0. The maximum Gasteiger partial charge on any atom is 0.0891 e. The van der Waals surface area contributed by atoms with Gasteiger partial charge >= 0.3 is 0 Å². The zero-order chi connectivity index (χ0) is 15.3. The minimum Gasteiger partial charge on any atom is -0.372 e. The van der Waals surface area contributed by atoms with E-state index < -0.39 is 0 Å². The van der Waals surface area contributed by atoms with Gasteiger partial charge in [-0.05, 0) is 51.7 Å². The number of nitrogens with zero attached hydrogens (tertiary/aromatic N) is 1. The van der Waals surface area contributed by atoms with E-state index in [2.05, 4.69) is 51.2 Å². The lowest BCUT2D eigenvalue weighted by Crippen LogP contribution is -2.35. The third-order valence-corrected chi connectivity index (χ3v) is 4.02. The number of pyridine rings is 1. The lowest BCUT2D eigenvalue weighted by Gasteiger charge is -2.26. The van der Waals surface area contributed by atoms with Crippen molar-refractivity contribution in [3.63, 3.8) is 0 Å². The Labute approximate surface area is 129 Å². The monoisotopic (exact) mass is 290 g/mol. The molecule has 1 saturated carbocycles. The Hall–Kier alpha value is -0.930. The van der Waals surface area contributed by atoms with Crippen LogP contribution in [0.2, 0.25) is 0 Å². The predicted octanol–water partition coefficient (Wildman–Crippen LogP) is 4.07. The summed E-state index contributed by atoms with van der Waals surface area (Å²) in [6.45, 7) is 10.3. The van der Waals surface area contributed by atoms with Gasteiger partial charge in [0.05, 0.1) is 24.1 Å². The van der Waals surface area contributed by atoms with Gasteiger partial charge < -0.3 is 10.1 Å². The molecule has 1 aromatic heterocycles. The van der Waals surface area contributed by atoms with Crippen LogP contribution in [-0.2, 0) is 17.9 Å². The molecule has 1 aliphatic rings. The molecule has 3 nitrogen and oxygen atoms in total. The van der Waals surface area contributed by atoms with Gasteiger partial charge in [0, 0.05) is 12.1 Å². The molecule has 1 fully saturated rings. The maximum absolute atomic E-state index is 6.06. The SMILES string of the molecule is CC1CCCC(OCc2cccc(CNC(C)(C)C)n2)C1. The molecule has 2 unspecified atom stereocenters. The number of nitrogens with one attached hydrogen (secondary N) is 1. The second-order valence-corrected chi connectivity index (χ2v) is 7.43. The van der Waals surface area contributed by atoms with E-state index in [0.29, 0.717) is 12.7 Å². The van der Waals surface area contributed by atoms with E-state index in [4.69, 9.17) is 9.72 Å². The van der Waals surface area contributed by atoms with Crippen LogP contribution >= 0.6 is 0 Å². The fourth-order valence-corrected chi connectivity index (χ4v) is 2.80. The highest BCUT2D eigenvalue weighted by atomic mass is 16.5. The van der Waals surface area contributed by atoms with E-state index in [9.17, 15) is 0 Å². The lowest BCUT2D eigenvalue weighted by atomic mass is 9.89. The molecule has 118 valence electrons. The first-order valence-electron chi connectivity index (χ1n) is 8.24. The third kappa shape index (κ3) is 6.15. The fraction of sp³-hybridized carbons (Fsp3) is 0.722. The number of hydrogen-bond donors (Lipinski definition) is 1. The second-order valence-electron chi connectivity index (χ2n) is 7.43. The summed E-state index contributed by atoms with van der Waals surface area (Å²) in [5, 5.41) is 3.47. The minimum absolute atomic E-state index is 0.117. The van der Waals surface area contributed by atoms with E-state index in [1.165, 1.54) is 25.7 Å². The molecule has 21 heavy (non-hydrogen) atoms. The molecule has 0 saturated heterocycles. The normalized spacial score (nSPS) is 23.2. The molecule has 0 radical (unpaired) electrons. The van der Waals surface area contributed by atoms with E-state index in [0.717, 1.165) is 23.9 Å². The fourth-order valence-electron chi connectivity index (χ4n) is 2.80. The molecule has 1 aromatic rings. The van der Waals surface area contributed by atoms with Gasteiger partial charge in [-0.15, -0.1) is 0 Å². The van der Waals surface area contributed by atoms with Gasteiger partial charge in [-0.2, -0.15) is 0 Å². The van der Waals surface area contributed by atoms with Crippen molar-refractivity contribution in [2.75, 3.05) is 0 Å². The van der Waals surface area contributed by atoms with E-state index in [-0.39, 0.29) is 5.54 Å². The van der Waals surface area contributed by atoms with Crippen molar-refractivity contribution in [3.8, 4) is 0 Å². The van der Waals surface area contributed by atoms with Gasteiger partial charge in [0.1, 0.15) is 0 Å². The smallest absolute Gasteiger partial charge is 0.0891 e. The number of ether oxygens (including phenoxy) is 1. The van der Waals surface area contributed by atoms with Gasteiger partial charge in [-0.3, -0.25) is 4.98 Å². The Morgan fingerprint density at radius 3 is 2.71 bits per heavy atom. The van der Waals surface area contributed by atoms with Crippen molar-refractivity contribution in [2.24, 2.45) is 5.92 Å². The third-order valence-electron chi connectivity index (χ3n) is 4.02. The number of rotatable bonds is 5. The van der Waals surface area contributed by atoms with Crippen molar-refractivity contribution in [3.05, 3.63) is 29.6 Å². The van der Waals surface area contributed by atoms with Gasteiger partial charge in [0.25, 0.3) is 0 Å². The summed E-state index contributed by atoms with van der Waals surface area (Å²) >= 11 is 0. The summed E-state index contributed by atoms with van der Waals surface area (Å²) < 4.78 is 6.06. The van der Waals surface area contributed by atoms with Crippen LogP contribution in [0, 0.1) is 5.92 Å². The summed E-state index contributed by atoms with van der Waals surface area (Å²) in [7, 11) is 0. The molecular weight excluding hydrogens is 260 g/mol. The van der Waals surface area contributed by atoms with Crippen LogP contribution in [0.25, 0.3) is 0 Å². The molecule has 1 aliphatic carbocycles. The summed E-state index contributed by atoms with van der Waals surface area (Å²) in [5.74, 6) is 0.805. The Morgan fingerprint density at radius 2 is 2.00 bits per heavy atom. The highest BCUT2D eigenvalue weighted by molar-refractivity contribution is 5.10. The summed E-state index contributed by atoms with van der Waals surface area (Å²) in [6.07, 6.45) is 5.48. The van der Waals surface area contributed by atoms with Crippen molar-refractivity contribution < 1.29 is 4.74 Å². The van der Waals surface area contributed by atoms with Gasteiger partial charge in [-0.1, -0.05) is 25.8 Å². The molecule has 0 spiro atoms. The van der Waals surface area contributed by atoms with Crippen LogP contribution < -0.4 is 5.32 Å². The first-order chi connectivity index (χ1) is 9.92. The van der Waals surface area contributed by atoms with Crippen LogP contribution in [0.3, 0.4) is 0 Å². The van der Waals surface area contributed by atoms with Crippen LogP contribution in [0.5, 0.6) is 0 Å². The summed E-state index contributed by atoms with van der Waals surface area (Å²) in [6, 6.07) is 6.21. The summed E-state index contributed by atoms with van der Waals surface area (Å²) in [5.41, 5.74) is 2.25. The molecule has 2 rings (SSSR count). The molecule has 3 heteroatoms. The molecule has 0 aromatic carbocycles. The highest BCUT2D eigenvalue weighted by Crippen LogP contribution is 2.26. The Morgan fingerprint density at radius 1 is 1.24 bits per heavy atom. The van der Waals surface area contributed by atoms with Crippen LogP contribution in [0.4, 0.5) is 0 Å². The maximum atomic E-state index is 6.06. The van der Waals surface area contributed by atoms with Crippen molar-refractivity contribution >= 4 is 0 Å². The van der Waals surface area contributed by atoms with E-state index in [1.54, 1.807) is 0 Å². The zero-order valence-corrected chi connectivity index (χ0v) is 14.0. The van der Waals surface area contributed by atoms with E-state index in [1.807, 2.05) is 0 Å². The predicted molar refractivity (Wildman–Crippen MR) is 87.0 cm³/mol. The number of hydrogen-bond acceptors (Lipinski definition) is 3. The van der Waals surface area contributed by atoms with E-state index >= 15 is 0 Å². The lowest BCUT2D eigenvalue weighted by molar-refractivity contribution is 0.00314. The molecule has 1 heterocycles. The molecule has 0 amide bonds. The highest BCUT2D eigenvalue weighted by Gasteiger charge is 2.19. The Balaban J connectivity index is 1.83. The topological polar surface area (TPSA) is 34.1 Å². The van der Waals surface area contributed by atoms with Crippen molar-refractivity contribution in [1.82, 2.24) is 10.3 Å². The van der Waals surface area contributed by atoms with Crippen LogP contribution in [0.15, 0.2) is 18.2 Å². The largest absolute Gasteiger partial charge is 0.372 e. The van der Waals surface area contributed by atoms with Crippen molar-refractivity contribution in [1.29, 1.82) is 0 Å². The first-order valence-corrected chi connectivity index (χ1v) is 8.24. The van der Waals surface area contributed by atoms with Gasteiger partial charge in [0.15, 0.2) is 0 Å². The molecular formula is C18H30N2O. The Bertz CT molecular complexity index is 439. The first kappa shape index (κ1) is 16.4. The Kier molecular flexibility index (Phi) is 5.77. The standard InChI is InChI=1S/C18H30N2O/c1-14-7-5-10-17(11-14)21-13-16-9-6-8-15(20-16)12-19-18(2,3)4/h6,8-9,14,17,19H,5,7,10-13H2,1-4H3. The van der Waals surface area contributed by atoms with Crippen LogP contribution in [-0.4, -0.2) is 16.6 Å². The minimum atomic E-state index is 0.117. The molecule has 1 N–H and O–H groups in total. The molecule has 0 bridgehead atoms.